The third-order valence-corrected chi connectivity index (χ3v) is 27.9. The number of hydrogen-bond acceptors (Lipinski definition) is 18. The maximum absolute atomic E-state index is 15.1. The monoisotopic (exact) mass is 1980 g/mol. The number of aromatic amines is 1. The van der Waals surface area contributed by atoms with E-state index < -0.39 is 45.8 Å². The fraction of sp³-hybridized carbons (Fsp3) is 0.241. The average molecular weight is 1980 g/mol. The van der Waals surface area contributed by atoms with Gasteiger partial charge in [0.05, 0.1) is 47.8 Å². The zero-order valence-electron chi connectivity index (χ0n) is 84.6. The fourth-order valence-corrected chi connectivity index (χ4v) is 18.6. The molecular formula is C116H110F2N20O10. The molecule has 0 radical (unpaired) electrons. The van der Waals surface area contributed by atoms with Crippen LogP contribution in [0, 0.1) is 11.6 Å². The molecule has 4 N–H and O–H groups in total. The topological polar surface area (TPSA) is 370 Å². The van der Waals surface area contributed by atoms with Crippen molar-refractivity contribution in [3.63, 3.8) is 0 Å². The summed E-state index contributed by atoms with van der Waals surface area (Å²) < 4.78 is 38.2. The Morgan fingerprint density at radius 2 is 0.622 bits per heavy atom. The summed E-state index contributed by atoms with van der Waals surface area (Å²) in [5, 5.41) is 42.9. The lowest BCUT2D eigenvalue weighted by molar-refractivity contribution is -0.143. The number of aliphatic carboxylic acids is 3. The molecule has 0 bridgehead atoms. The number of hydrogen-bond donors (Lipinski definition) is 4. The van der Waals surface area contributed by atoms with E-state index in [1.165, 1.54) is 45.9 Å². The molecule has 0 fully saturated rings. The number of benzene rings is 8. The predicted molar refractivity (Wildman–Crippen MR) is 561 cm³/mol. The molecule has 4 aliphatic rings. The van der Waals surface area contributed by atoms with Crippen LogP contribution in [0.15, 0.2) is 280 Å². The van der Waals surface area contributed by atoms with E-state index in [2.05, 4.69) is 149 Å². The van der Waals surface area contributed by atoms with Crippen molar-refractivity contribution < 1.29 is 57.7 Å². The molecule has 32 heteroatoms. The Labute approximate surface area is 853 Å². The minimum atomic E-state index is -1.36. The molecular weight excluding hydrogens is 1870 g/mol. The zero-order valence-corrected chi connectivity index (χ0v) is 84.6. The highest BCUT2D eigenvalue weighted by Crippen LogP contribution is 2.43. The highest BCUT2D eigenvalue weighted by Gasteiger charge is 2.40. The van der Waals surface area contributed by atoms with Gasteiger partial charge < -0.3 is 33.6 Å². The van der Waals surface area contributed by atoms with Gasteiger partial charge in [0.15, 0.2) is 29.1 Å². The summed E-state index contributed by atoms with van der Waals surface area (Å²) in [4.78, 5) is 132. The minimum absolute atomic E-state index is 0.0476. The number of anilines is 4. The second kappa shape index (κ2) is 40.2. The Morgan fingerprint density at radius 3 is 0.939 bits per heavy atom. The maximum Gasteiger partial charge on any atom is 0.313 e. The van der Waals surface area contributed by atoms with Crippen molar-refractivity contribution in [3.8, 4) is 90.6 Å². The van der Waals surface area contributed by atoms with Crippen molar-refractivity contribution in [3.05, 3.63) is 364 Å². The van der Waals surface area contributed by atoms with Crippen LogP contribution in [0.3, 0.4) is 0 Å². The standard InChI is InChI=1S/2C29H27FN4O3.C29H28N8O.C29H28N4O3/c1-17(2)33-13-12-31-26(33)24-6-5-7-25(32-24)34-16-20-9-8-18(14-21(20)27(34)35)19-10-11-22(23(30)15-19)29(3,4)28(36)37;1-17(2)33-13-12-31-26(33)24-6-5-7-25(32-24)34-16-19-9-8-18(14-22(19)27(34)35)21-11-10-20(15-23(21)30)29(3,4)28(36)37;1-18(2)36-15-14-30-26(36)24-6-5-7-25(31-24)37-17-21-9-8-20(16-23(21)27(37)38)19-10-12-22(13-11-19)29(3,4)28-32-34-35-33-28;1-18(2)32-15-14-30-26(32)24-6-5-7-25(31-24)33-17-21-9-8-20(16-23(21)27(33)34)19-10-12-22(13-11-19)29(3,4)28(35)36/h2*5-15,17H,16H2,1-4H3,(H,36,37);5-16,18H,17H2,1-4H3,(H,32,33,34,35);5-16,18H,17H2,1-4H3,(H,35,36). The Bertz CT molecular complexity index is 8030. The molecule has 0 spiro atoms. The number of carboxylic acids is 3. The van der Waals surface area contributed by atoms with Gasteiger partial charge in [-0.25, -0.2) is 48.7 Å². The number of nitrogens with zero attached hydrogens (tertiary/aromatic N) is 19. The number of amides is 4. The number of fused-ring (bicyclic) bond motifs is 4. The van der Waals surface area contributed by atoms with Crippen LogP contribution < -0.4 is 19.6 Å². The second-order valence-corrected chi connectivity index (χ2v) is 40.3. The van der Waals surface area contributed by atoms with Gasteiger partial charge in [0.25, 0.3) is 23.6 Å². The molecule has 0 saturated heterocycles. The maximum atomic E-state index is 15.1. The first-order valence-electron chi connectivity index (χ1n) is 48.7. The molecule has 8 aromatic carbocycles. The molecule has 0 unspecified atom stereocenters. The predicted octanol–water partition coefficient (Wildman–Crippen LogP) is 22.6. The van der Waals surface area contributed by atoms with Crippen LogP contribution in [0.5, 0.6) is 0 Å². The SMILES string of the molecule is CC(C)n1ccnc1-c1cccc(N2Cc3ccc(-c4ccc(C(C)(C)C(=O)O)c(F)c4)cc3C2=O)n1.CC(C)n1ccnc1-c1cccc(N2Cc3ccc(-c4ccc(C(C)(C)C(=O)O)cc4)cc3C2=O)n1.CC(C)n1ccnc1-c1cccc(N2Cc3ccc(-c4ccc(C(C)(C)C(=O)O)cc4F)cc3C2=O)n1.CC(C)n1ccnc1-c1cccc(N2Cc3ccc(-c4ccc(C(C)(C)c5nn[nH]n5)cc4)cc3C2=O)n1. The first kappa shape index (κ1) is 101. The quantitative estimate of drug-likeness (QED) is 0.0436. The zero-order chi connectivity index (χ0) is 105. The van der Waals surface area contributed by atoms with Gasteiger partial charge in [0, 0.05) is 107 Å². The Morgan fingerprint density at radius 1 is 0.324 bits per heavy atom. The highest BCUT2D eigenvalue weighted by atomic mass is 19.1. The Kier molecular flexibility index (Phi) is 27.3. The van der Waals surface area contributed by atoms with Crippen molar-refractivity contribution in [2.45, 2.75) is 183 Å². The van der Waals surface area contributed by atoms with Crippen LogP contribution in [0.1, 0.15) is 227 Å². The van der Waals surface area contributed by atoms with Crippen molar-refractivity contribution >= 4 is 64.8 Å². The number of tetrazole rings is 1. The van der Waals surface area contributed by atoms with Crippen LogP contribution in [-0.2, 0) is 62.2 Å². The molecule has 9 aromatic heterocycles. The third-order valence-electron chi connectivity index (χ3n) is 27.9. The molecule has 4 amide bonds. The lowest BCUT2D eigenvalue weighted by Crippen LogP contribution is -2.29. The Hall–Kier alpha value is -17.6. The molecule has 21 rings (SSSR count). The van der Waals surface area contributed by atoms with Crippen LogP contribution >= 0.6 is 0 Å². The number of halogens is 2. The van der Waals surface area contributed by atoms with Gasteiger partial charge >= 0.3 is 17.9 Å². The molecule has 13 heterocycles. The van der Waals surface area contributed by atoms with E-state index in [4.69, 9.17) is 19.9 Å². The lowest BCUT2D eigenvalue weighted by atomic mass is 9.83. The summed E-state index contributed by atoms with van der Waals surface area (Å²) >= 11 is 0. The van der Waals surface area contributed by atoms with Crippen molar-refractivity contribution in [1.29, 1.82) is 0 Å². The summed E-state index contributed by atoms with van der Waals surface area (Å²) in [5.74, 6) is 1.26. The van der Waals surface area contributed by atoms with Gasteiger partial charge in [0.1, 0.15) is 57.7 Å². The number of imidazole rings is 4. The van der Waals surface area contributed by atoms with E-state index in [9.17, 15) is 53.3 Å². The van der Waals surface area contributed by atoms with Gasteiger partial charge in [-0.2, -0.15) is 5.21 Å². The molecule has 0 saturated carbocycles. The number of aromatic nitrogens is 16. The first-order chi connectivity index (χ1) is 70.6. The molecule has 0 atom stereocenters. The van der Waals surface area contributed by atoms with Gasteiger partial charge in [-0.1, -0.05) is 151 Å². The summed E-state index contributed by atoms with van der Waals surface area (Å²) in [6.45, 7) is 31.8. The van der Waals surface area contributed by atoms with Crippen molar-refractivity contribution in [2.75, 3.05) is 19.6 Å². The molecule has 17 aromatic rings. The Balaban J connectivity index is 0.000000129. The summed E-state index contributed by atoms with van der Waals surface area (Å²) in [5.41, 5.74) is 13.1. The summed E-state index contributed by atoms with van der Waals surface area (Å²) in [7, 11) is 0. The molecule has 0 aliphatic carbocycles. The van der Waals surface area contributed by atoms with E-state index in [-0.39, 0.29) is 58.8 Å². The number of carboxylic acid groups (broad SMARTS) is 3. The molecule has 30 nitrogen and oxygen atoms in total. The van der Waals surface area contributed by atoms with Crippen molar-refractivity contribution in [1.82, 2.24) is 78.8 Å². The largest absolute Gasteiger partial charge is 0.481 e. The number of carbonyl (C=O) groups is 7. The number of carbonyl (C=O) groups excluding carboxylic acids is 4. The van der Waals surface area contributed by atoms with Crippen LogP contribution in [0.4, 0.5) is 32.1 Å². The van der Waals surface area contributed by atoms with Gasteiger partial charge in [-0.15, -0.1) is 10.2 Å². The number of nitrogens with one attached hydrogen (secondary N) is 1. The molecule has 748 valence electrons. The smallest absolute Gasteiger partial charge is 0.313 e. The summed E-state index contributed by atoms with van der Waals surface area (Å²) in [6.07, 6.45) is 14.7. The number of H-pyrrole nitrogens is 1. The van der Waals surface area contributed by atoms with Crippen LogP contribution in [-0.4, -0.2) is 136 Å². The average Bonchev–Trinajstić information content (AvgIpc) is 1.61. The fourth-order valence-electron chi connectivity index (χ4n) is 18.6. The first-order valence-corrected chi connectivity index (χ1v) is 48.7. The second-order valence-electron chi connectivity index (χ2n) is 40.3. The van der Waals surface area contributed by atoms with E-state index in [1.807, 2.05) is 167 Å². The van der Waals surface area contributed by atoms with Gasteiger partial charge in [0.2, 0.25) is 0 Å². The molecule has 4 aliphatic heterocycles. The third kappa shape index (κ3) is 19.4. The van der Waals surface area contributed by atoms with Crippen LogP contribution in [0.2, 0.25) is 0 Å². The van der Waals surface area contributed by atoms with E-state index in [0.29, 0.717) is 117 Å². The number of pyridine rings is 4. The van der Waals surface area contributed by atoms with E-state index in [0.717, 1.165) is 90.3 Å². The highest BCUT2D eigenvalue weighted by molar-refractivity contribution is 6.13. The van der Waals surface area contributed by atoms with Crippen LogP contribution in [0.25, 0.3) is 90.6 Å². The summed E-state index contributed by atoms with van der Waals surface area (Å²) in [6, 6.07) is 70.8. The van der Waals surface area contributed by atoms with E-state index in [1.54, 1.807) is 107 Å². The van der Waals surface area contributed by atoms with Gasteiger partial charge in [-0.05, 0) is 274 Å². The van der Waals surface area contributed by atoms with Gasteiger partial charge in [-0.3, -0.25) is 53.2 Å². The molecule has 148 heavy (non-hydrogen) atoms. The number of rotatable bonds is 24. The van der Waals surface area contributed by atoms with Crippen molar-refractivity contribution in [2.24, 2.45) is 0 Å². The normalized spacial score (nSPS) is 13.4. The lowest BCUT2D eigenvalue weighted by Gasteiger charge is -2.21. The minimum Gasteiger partial charge on any atom is -0.481 e. The van der Waals surface area contributed by atoms with E-state index >= 15 is 4.39 Å².